The number of hydrogen-bond donors (Lipinski definition) is 1. The van der Waals surface area contributed by atoms with Crippen LogP contribution in [0.4, 0.5) is 0 Å². The summed E-state index contributed by atoms with van der Waals surface area (Å²) in [5, 5.41) is 14.0. The lowest BCUT2D eigenvalue weighted by atomic mass is 10.3. The maximum Gasteiger partial charge on any atom is 0.213 e. The van der Waals surface area contributed by atoms with Crippen molar-refractivity contribution >= 4 is 23.7 Å². The first-order valence-corrected chi connectivity index (χ1v) is 6.59. The highest BCUT2D eigenvalue weighted by molar-refractivity contribution is 7.14. The minimum absolute atomic E-state index is 0. The van der Waals surface area contributed by atoms with Gasteiger partial charge in [0.05, 0.1) is 12.2 Å². The summed E-state index contributed by atoms with van der Waals surface area (Å²) in [4.78, 5) is 9.25. The zero-order chi connectivity index (χ0) is 12.7. The third-order valence-electron chi connectivity index (χ3n) is 2.78. The van der Waals surface area contributed by atoms with E-state index in [0.29, 0.717) is 21.8 Å². The van der Waals surface area contributed by atoms with E-state index in [1.54, 1.807) is 10.9 Å². The second-order valence-electron chi connectivity index (χ2n) is 4.42. The molecule has 0 aromatic carbocycles. The first-order valence-electron chi connectivity index (χ1n) is 5.77. The topological polar surface area (TPSA) is 93.4 Å². The molecule has 8 heteroatoms. The van der Waals surface area contributed by atoms with E-state index < -0.39 is 0 Å². The summed E-state index contributed by atoms with van der Waals surface area (Å²) in [6, 6.07) is 1.86. The van der Waals surface area contributed by atoms with Crippen molar-refractivity contribution in [2.24, 2.45) is 5.73 Å². The van der Waals surface area contributed by atoms with Crippen molar-refractivity contribution in [1.82, 2.24) is 19.7 Å². The van der Waals surface area contributed by atoms with Gasteiger partial charge in [0, 0.05) is 5.92 Å². The molecule has 1 fully saturated rings. The van der Waals surface area contributed by atoms with Crippen molar-refractivity contribution in [1.29, 1.82) is 5.26 Å². The van der Waals surface area contributed by atoms with Crippen molar-refractivity contribution in [3.8, 4) is 11.2 Å². The lowest BCUT2D eigenvalue weighted by Gasteiger charge is -2.04. The van der Waals surface area contributed by atoms with Crippen molar-refractivity contribution in [2.75, 3.05) is 0 Å². The molecular formula is C11H13ClN6S. The maximum atomic E-state index is 8.83. The monoisotopic (exact) mass is 296 g/mol. The average Bonchev–Trinajstić information content (AvgIpc) is 2.94. The predicted octanol–water partition coefficient (Wildman–Crippen LogP) is 1.91. The molecular weight excluding hydrogens is 284 g/mol. The highest BCUT2D eigenvalue weighted by Crippen LogP contribution is 2.38. The zero-order valence-electron chi connectivity index (χ0n) is 10.3. The fraction of sp³-hybridized carbons (Fsp3) is 0.455. The van der Waals surface area contributed by atoms with E-state index in [0.717, 1.165) is 18.7 Å². The molecule has 1 atom stereocenters. The Hall–Kier alpha value is -1.49. The molecule has 1 aliphatic carbocycles. The molecule has 6 nitrogen and oxygen atoms in total. The third kappa shape index (κ3) is 2.61. The van der Waals surface area contributed by atoms with Crippen LogP contribution in [0.15, 0.2) is 6.20 Å². The molecule has 0 spiro atoms. The molecule has 2 aromatic heterocycles. The molecule has 2 aromatic rings. The predicted molar refractivity (Wildman–Crippen MR) is 73.6 cm³/mol. The summed E-state index contributed by atoms with van der Waals surface area (Å²) < 4.78 is 1.67. The molecule has 19 heavy (non-hydrogen) atoms. The number of nitrogens with two attached hydrogens (primary N) is 1. The molecule has 0 aliphatic heterocycles. The lowest BCUT2D eigenvalue weighted by Crippen LogP contribution is -2.13. The van der Waals surface area contributed by atoms with Crippen LogP contribution in [0.2, 0.25) is 0 Å². The Labute approximate surface area is 120 Å². The molecule has 0 saturated heterocycles. The van der Waals surface area contributed by atoms with E-state index in [2.05, 4.69) is 21.1 Å². The smallest absolute Gasteiger partial charge is 0.213 e. The summed E-state index contributed by atoms with van der Waals surface area (Å²) >= 11 is 1.30. The van der Waals surface area contributed by atoms with Crippen LogP contribution >= 0.6 is 23.7 Å². The number of nitriles is 1. The van der Waals surface area contributed by atoms with Gasteiger partial charge in [-0.1, -0.05) is 11.3 Å². The number of hydrogen-bond acceptors (Lipinski definition) is 6. The minimum Gasteiger partial charge on any atom is -0.322 e. The molecule has 0 unspecified atom stereocenters. The fourth-order valence-corrected chi connectivity index (χ4v) is 2.38. The SMILES string of the molecule is C[C@H](N)c1nc(C2CC2)nn1-c1ncc(C#N)s1.Cl. The molecule has 0 amide bonds. The molecule has 3 rings (SSSR count). The van der Waals surface area contributed by atoms with Crippen LogP contribution in [0.25, 0.3) is 5.13 Å². The summed E-state index contributed by atoms with van der Waals surface area (Å²) in [7, 11) is 0. The van der Waals surface area contributed by atoms with Crippen molar-refractivity contribution in [3.05, 3.63) is 22.7 Å². The number of aromatic nitrogens is 4. The minimum atomic E-state index is -0.209. The third-order valence-corrected chi connectivity index (χ3v) is 3.66. The summed E-state index contributed by atoms with van der Waals surface area (Å²) in [5.41, 5.74) is 5.91. The number of nitrogens with zero attached hydrogens (tertiary/aromatic N) is 5. The molecule has 1 saturated carbocycles. The standard InChI is InChI=1S/C11H12N6S.ClH/c1-6(13)10-15-9(7-2-3-7)16-17(10)11-14-5-8(4-12)18-11;/h5-7H,2-3,13H2,1H3;1H/t6-;/m0./s1. The van der Waals surface area contributed by atoms with Crippen LogP contribution in [0.3, 0.4) is 0 Å². The van der Waals surface area contributed by atoms with Gasteiger partial charge in [-0.3, -0.25) is 0 Å². The van der Waals surface area contributed by atoms with Gasteiger partial charge >= 0.3 is 0 Å². The Morgan fingerprint density at radius 3 is 2.84 bits per heavy atom. The first kappa shape index (κ1) is 13.9. The number of rotatable bonds is 3. The highest BCUT2D eigenvalue weighted by atomic mass is 35.5. The molecule has 2 heterocycles. The van der Waals surface area contributed by atoms with E-state index in [1.165, 1.54) is 11.3 Å². The second-order valence-corrected chi connectivity index (χ2v) is 5.43. The number of halogens is 1. The normalized spacial score (nSPS) is 15.6. The Morgan fingerprint density at radius 2 is 2.32 bits per heavy atom. The Balaban J connectivity index is 0.00000133. The van der Waals surface area contributed by atoms with Gasteiger partial charge in [-0.25, -0.2) is 9.97 Å². The van der Waals surface area contributed by atoms with Gasteiger partial charge in [-0.15, -0.1) is 17.5 Å². The van der Waals surface area contributed by atoms with E-state index in [4.69, 9.17) is 11.0 Å². The average molecular weight is 297 g/mol. The van der Waals surface area contributed by atoms with Gasteiger partial charge < -0.3 is 5.73 Å². The Bertz CT molecular complexity index is 621. The zero-order valence-corrected chi connectivity index (χ0v) is 11.9. The van der Waals surface area contributed by atoms with E-state index in [-0.39, 0.29) is 18.4 Å². The molecule has 0 radical (unpaired) electrons. The van der Waals surface area contributed by atoms with Gasteiger partial charge in [-0.2, -0.15) is 9.94 Å². The van der Waals surface area contributed by atoms with E-state index >= 15 is 0 Å². The van der Waals surface area contributed by atoms with E-state index in [9.17, 15) is 0 Å². The van der Waals surface area contributed by atoms with Gasteiger partial charge in [0.15, 0.2) is 11.6 Å². The molecule has 100 valence electrons. The molecule has 2 N–H and O–H groups in total. The van der Waals surface area contributed by atoms with Crippen molar-refractivity contribution in [3.63, 3.8) is 0 Å². The summed E-state index contributed by atoms with van der Waals surface area (Å²) in [5.74, 6) is 2.02. The van der Waals surface area contributed by atoms with Gasteiger partial charge in [0.1, 0.15) is 10.9 Å². The quantitative estimate of drug-likeness (QED) is 0.934. The lowest BCUT2D eigenvalue weighted by molar-refractivity contribution is 0.687. The van der Waals surface area contributed by atoms with E-state index in [1.807, 2.05) is 6.92 Å². The largest absolute Gasteiger partial charge is 0.322 e. The second kappa shape index (κ2) is 5.25. The Morgan fingerprint density at radius 1 is 1.58 bits per heavy atom. The highest BCUT2D eigenvalue weighted by Gasteiger charge is 2.30. The van der Waals surface area contributed by atoms with Crippen molar-refractivity contribution in [2.45, 2.75) is 31.7 Å². The number of thiazole rings is 1. The van der Waals surface area contributed by atoms with Gasteiger partial charge in [0.25, 0.3) is 0 Å². The van der Waals surface area contributed by atoms with Crippen LogP contribution < -0.4 is 5.73 Å². The van der Waals surface area contributed by atoms with Crippen molar-refractivity contribution < 1.29 is 0 Å². The van der Waals surface area contributed by atoms with Crippen LogP contribution in [-0.4, -0.2) is 19.7 Å². The summed E-state index contributed by atoms with van der Waals surface area (Å²) in [6.45, 7) is 1.87. The fourth-order valence-electron chi connectivity index (χ4n) is 1.71. The van der Waals surface area contributed by atoms with Gasteiger partial charge in [-0.05, 0) is 19.8 Å². The van der Waals surface area contributed by atoms with Crippen LogP contribution in [0.5, 0.6) is 0 Å². The van der Waals surface area contributed by atoms with Crippen LogP contribution in [-0.2, 0) is 0 Å². The molecule has 1 aliphatic rings. The first-order chi connectivity index (χ1) is 8.69. The molecule has 0 bridgehead atoms. The summed E-state index contributed by atoms with van der Waals surface area (Å²) in [6.07, 6.45) is 3.83. The Kier molecular flexibility index (Phi) is 3.85. The maximum absolute atomic E-state index is 8.83. The van der Waals surface area contributed by atoms with Crippen LogP contribution in [0.1, 0.15) is 48.3 Å². The van der Waals surface area contributed by atoms with Gasteiger partial charge in [0.2, 0.25) is 5.13 Å². The van der Waals surface area contributed by atoms with Crippen LogP contribution in [0, 0.1) is 11.3 Å².